The zero-order valence-electron chi connectivity index (χ0n) is 24.8. The van der Waals surface area contributed by atoms with Gasteiger partial charge in [0.15, 0.2) is 0 Å². The molecule has 8 nitrogen and oxygen atoms in total. The van der Waals surface area contributed by atoms with Crippen LogP contribution in [0.25, 0.3) is 0 Å². The molecule has 0 saturated heterocycles. The Kier molecular flexibility index (Phi) is 8.66. The third-order valence-corrected chi connectivity index (χ3v) is 8.53. The van der Waals surface area contributed by atoms with E-state index in [0.29, 0.717) is 36.7 Å². The van der Waals surface area contributed by atoms with Crippen molar-refractivity contribution in [3.05, 3.63) is 89.0 Å². The number of benzene rings is 2. The Bertz CT molecular complexity index is 1620. The summed E-state index contributed by atoms with van der Waals surface area (Å²) in [4.78, 5) is 28.4. The van der Waals surface area contributed by atoms with Gasteiger partial charge < -0.3 is 19.7 Å². The van der Waals surface area contributed by atoms with Crippen LogP contribution in [0, 0.1) is 18.3 Å². The zero-order chi connectivity index (χ0) is 31.6. The van der Waals surface area contributed by atoms with Crippen molar-refractivity contribution in [2.45, 2.75) is 50.9 Å². The molecule has 1 N–H and O–H groups in total. The van der Waals surface area contributed by atoms with E-state index in [2.05, 4.69) is 34.9 Å². The molecule has 1 aliphatic heterocycles. The number of hydrogen-bond acceptors (Lipinski definition) is 5. The van der Waals surface area contributed by atoms with Crippen molar-refractivity contribution < 1.29 is 22.8 Å². The highest BCUT2D eigenvalue weighted by molar-refractivity contribution is 6.10. The number of carbonyl (C=O) groups excluding carboxylic acids is 2. The Balaban J connectivity index is 1.35. The van der Waals surface area contributed by atoms with Gasteiger partial charge in [-0.25, -0.2) is 0 Å². The predicted molar refractivity (Wildman–Crippen MR) is 161 cm³/mol. The van der Waals surface area contributed by atoms with Gasteiger partial charge in [0, 0.05) is 31.4 Å². The Labute approximate surface area is 254 Å². The highest BCUT2D eigenvalue weighted by Gasteiger charge is 2.48. The average molecular weight is 605 g/mol. The van der Waals surface area contributed by atoms with E-state index in [1.165, 1.54) is 15.9 Å². The number of terminal acetylenes is 1. The molecule has 3 aromatic rings. The molecule has 44 heavy (non-hydrogen) atoms. The molecule has 1 fully saturated rings. The lowest BCUT2D eigenvalue weighted by atomic mass is 9.58. The van der Waals surface area contributed by atoms with Crippen molar-refractivity contribution in [3.63, 3.8) is 0 Å². The van der Waals surface area contributed by atoms with E-state index >= 15 is 0 Å². The first-order valence-corrected chi connectivity index (χ1v) is 14.5. The molecule has 1 saturated carbocycles. The number of anilines is 1. The Morgan fingerprint density at radius 1 is 1.30 bits per heavy atom. The topological polar surface area (TPSA) is 83.4 Å². The van der Waals surface area contributed by atoms with Crippen LogP contribution in [0.5, 0.6) is 0 Å². The van der Waals surface area contributed by atoms with Gasteiger partial charge in [0.05, 0.1) is 24.1 Å². The van der Waals surface area contributed by atoms with Gasteiger partial charge in [0.25, 0.3) is 5.91 Å². The summed E-state index contributed by atoms with van der Waals surface area (Å²) in [5.74, 6) is 2.99. The van der Waals surface area contributed by atoms with E-state index in [1.54, 1.807) is 18.5 Å². The highest BCUT2D eigenvalue weighted by atomic mass is 19.4. The Hall–Kier alpha value is -4.43. The van der Waals surface area contributed by atoms with Crippen LogP contribution in [0.3, 0.4) is 0 Å². The summed E-state index contributed by atoms with van der Waals surface area (Å²) >= 11 is 0. The second-order valence-electron chi connectivity index (χ2n) is 11.7. The first-order valence-electron chi connectivity index (χ1n) is 14.5. The zero-order valence-corrected chi connectivity index (χ0v) is 24.8. The van der Waals surface area contributed by atoms with E-state index < -0.39 is 17.6 Å². The Morgan fingerprint density at radius 3 is 2.70 bits per heavy atom. The minimum absolute atomic E-state index is 0.0233. The molecule has 1 aromatic heterocycles. The predicted octanol–water partition coefficient (Wildman–Crippen LogP) is 4.84. The molecular formula is C33H35F3N6O2. The van der Waals surface area contributed by atoms with Gasteiger partial charge in [-0.2, -0.15) is 13.2 Å². The van der Waals surface area contributed by atoms with Gasteiger partial charge in [-0.15, -0.1) is 16.6 Å². The molecule has 230 valence electrons. The number of aryl methyl sites for hydroxylation is 1. The third kappa shape index (κ3) is 5.86. The maximum atomic E-state index is 14.3. The molecule has 0 atom stereocenters. The normalized spacial score (nSPS) is 19.3. The minimum atomic E-state index is -4.63. The fourth-order valence-corrected chi connectivity index (χ4v) is 6.53. The van der Waals surface area contributed by atoms with Gasteiger partial charge >= 0.3 is 6.18 Å². The molecule has 1 aliphatic carbocycles. The van der Waals surface area contributed by atoms with Crippen LogP contribution in [0.15, 0.2) is 55.4 Å². The summed E-state index contributed by atoms with van der Waals surface area (Å²) in [5, 5.41) is 11.6. The maximum Gasteiger partial charge on any atom is 0.416 e. The number of nitrogens with zero attached hydrogens (tertiary/aromatic N) is 5. The van der Waals surface area contributed by atoms with Gasteiger partial charge in [0.1, 0.15) is 12.2 Å². The number of alkyl halides is 3. The standard InChI is InChI=1S/C33H35F3N6O2/c1-5-12-41(29(43)6-2)13-8-11-37-19-23-14-26-27(28(15-23)33(34,35)36)20-42(30(26)44)25-10-7-9-24(16-25)32(17-22(3)18-32)31-39-38-21-40(31)4/h1,6-7,9-10,14-16,21-22,37H,2,8,11-13,17-20H2,3-4H3. The SMILES string of the molecule is C#CCN(CCCNCc1cc2c(c(C(F)(F)F)c1)CN(c1cccc(C3(c4nncn4C)CC(C)C3)c1)C2=O)C(=O)C=C. The number of aromatic nitrogens is 3. The molecular weight excluding hydrogens is 569 g/mol. The van der Waals surface area contributed by atoms with Crippen molar-refractivity contribution in [1.29, 1.82) is 0 Å². The summed E-state index contributed by atoms with van der Waals surface area (Å²) in [5.41, 5.74) is 0.714. The van der Waals surface area contributed by atoms with E-state index in [9.17, 15) is 22.8 Å². The monoisotopic (exact) mass is 604 g/mol. The first-order chi connectivity index (χ1) is 21.0. The molecule has 0 unspecified atom stereocenters. The van der Waals surface area contributed by atoms with Crippen LogP contribution in [-0.4, -0.2) is 51.1 Å². The second-order valence-corrected chi connectivity index (χ2v) is 11.7. The van der Waals surface area contributed by atoms with E-state index in [-0.39, 0.29) is 42.1 Å². The van der Waals surface area contributed by atoms with Gasteiger partial charge in [-0.3, -0.25) is 9.59 Å². The number of amides is 2. The second kappa shape index (κ2) is 12.3. The van der Waals surface area contributed by atoms with E-state index in [1.807, 2.05) is 29.8 Å². The quantitative estimate of drug-likeness (QED) is 0.193. The molecule has 2 aliphatic rings. The lowest BCUT2D eigenvalue weighted by Crippen LogP contribution is -2.43. The van der Waals surface area contributed by atoms with Gasteiger partial charge in [0.2, 0.25) is 5.91 Å². The fourth-order valence-electron chi connectivity index (χ4n) is 6.53. The van der Waals surface area contributed by atoms with E-state index in [0.717, 1.165) is 30.3 Å². The lowest BCUT2D eigenvalue weighted by molar-refractivity contribution is -0.138. The summed E-state index contributed by atoms with van der Waals surface area (Å²) in [6.45, 7) is 6.55. The number of nitrogens with one attached hydrogen (secondary N) is 1. The van der Waals surface area contributed by atoms with Crippen molar-refractivity contribution in [2.24, 2.45) is 13.0 Å². The molecule has 0 spiro atoms. The lowest BCUT2D eigenvalue weighted by Gasteiger charge is -2.46. The Morgan fingerprint density at radius 2 is 2.07 bits per heavy atom. The molecule has 5 rings (SSSR count). The molecule has 2 amide bonds. The van der Waals surface area contributed by atoms with Crippen LogP contribution >= 0.6 is 0 Å². The first kappa shape index (κ1) is 31.0. The minimum Gasteiger partial charge on any atom is -0.328 e. The summed E-state index contributed by atoms with van der Waals surface area (Å²) in [6.07, 6.45) is 5.80. The average Bonchev–Trinajstić information content (AvgIpc) is 3.56. The van der Waals surface area contributed by atoms with Crippen LogP contribution in [-0.2, 0) is 36.5 Å². The van der Waals surface area contributed by atoms with Gasteiger partial charge in [-0.1, -0.05) is 31.6 Å². The number of halogens is 3. The number of fused-ring (bicyclic) bond motifs is 1. The summed E-state index contributed by atoms with van der Waals surface area (Å²) in [7, 11) is 1.90. The van der Waals surface area contributed by atoms with Crippen molar-refractivity contribution in [3.8, 4) is 12.3 Å². The fraction of sp³-hybridized carbons (Fsp3) is 0.394. The van der Waals surface area contributed by atoms with Crippen LogP contribution in [0.2, 0.25) is 0 Å². The largest absolute Gasteiger partial charge is 0.416 e. The molecule has 2 heterocycles. The smallest absolute Gasteiger partial charge is 0.328 e. The van der Waals surface area contributed by atoms with E-state index in [4.69, 9.17) is 6.42 Å². The molecule has 0 bridgehead atoms. The summed E-state index contributed by atoms with van der Waals surface area (Å²) in [6, 6.07) is 10.2. The number of carbonyl (C=O) groups is 2. The number of hydrogen-bond donors (Lipinski definition) is 1. The maximum absolute atomic E-state index is 14.3. The van der Waals surface area contributed by atoms with Crippen molar-refractivity contribution in [1.82, 2.24) is 25.0 Å². The molecule has 2 aromatic carbocycles. The number of rotatable bonds is 11. The van der Waals surface area contributed by atoms with Gasteiger partial charge in [-0.05, 0) is 78.8 Å². The highest BCUT2D eigenvalue weighted by Crippen LogP contribution is 2.52. The van der Waals surface area contributed by atoms with Crippen LogP contribution in [0.1, 0.15) is 64.6 Å². The molecule has 11 heteroatoms. The van der Waals surface area contributed by atoms with Crippen molar-refractivity contribution in [2.75, 3.05) is 24.5 Å². The van der Waals surface area contributed by atoms with Crippen LogP contribution in [0.4, 0.5) is 18.9 Å². The summed E-state index contributed by atoms with van der Waals surface area (Å²) < 4.78 is 44.7. The third-order valence-electron chi connectivity index (χ3n) is 8.53. The van der Waals surface area contributed by atoms with Crippen molar-refractivity contribution >= 4 is 17.5 Å². The van der Waals surface area contributed by atoms with Crippen LogP contribution < -0.4 is 10.2 Å². The molecule has 0 radical (unpaired) electrons.